The van der Waals surface area contributed by atoms with Crippen LogP contribution in [0.15, 0.2) is 23.1 Å². The van der Waals surface area contributed by atoms with Crippen molar-refractivity contribution in [3.63, 3.8) is 0 Å². The van der Waals surface area contributed by atoms with Crippen LogP contribution in [0.25, 0.3) is 0 Å². The molecule has 1 heterocycles. The Morgan fingerprint density at radius 3 is 2.84 bits per heavy atom. The van der Waals surface area contributed by atoms with E-state index < -0.39 is 15.7 Å². The fourth-order valence-electron chi connectivity index (χ4n) is 2.24. The molecule has 0 aliphatic carbocycles. The fourth-order valence-corrected chi connectivity index (χ4v) is 2.87. The molecule has 19 heavy (non-hydrogen) atoms. The normalized spacial score (nSPS) is 19.6. The van der Waals surface area contributed by atoms with Crippen LogP contribution in [0.2, 0.25) is 0 Å². The van der Waals surface area contributed by atoms with Crippen LogP contribution in [-0.2, 0) is 9.84 Å². The number of sulfone groups is 1. The van der Waals surface area contributed by atoms with Gasteiger partial charge in [0.15, 0.2) is 9.84 Å². The van der Waals surface area contributed by atoms with Crippen LogP contribution in [0, 0.1) is 11.7 Å². The first kappa shape index (κ1) is 14.3. The second-order valence-corrected chi connectivity index (χ2v) is 7.00. The predicted octanol–water partition coefficient (Wildman–Crippen LogP) is 1.64. The Bertz CT molecular complexity index is 540. The van der Waals surface area contributed by atoms with Gasteiger partial charge < -0.3 is 10.6 Å². The molecule has 0 bridgehead atoms. The topological polar surface area (TPSA) is 58.2 Å². The largest absolute Gasteiger partial charge is 0.383 e. The molecular weight excluding hydrogens is 267 g/mol. The molecule has 1 aliphatic rings. The van der Waals surface area contributed by atoms with Crippen LogP contribution in [0.5, 0.6) is 0 Å². The SMILES string of the molecule is CS(=O)(=O)c1ccc(NCCC2CCNC2)c(F)c1. The van der Waals surface area contributed by atoms with Crippen molar-refractivity contribution in [3.05, 3.63) is 24.0 Å². The van der Waals surface area contributed by atoms with Crippen LogP contribution in [-0.4, -0.2) is 34.3 Å². The maximum atomic E-state index is 13.7. The first-order valence-electron chi connectivity index (χ1n) is 6.41. The van der Waals surface area contributed by atoms with E-state index in [1.165, 1.54) is 12.1 Å². The highest BCUT2D eigenvalue weighted by Crippen LogP contribution is 2.19. The standard InChI is InChI=1S/C13H19FN2O2S/c1-19(17,18)11-2-3-13(12(14)8-11)16-7-5-10-4-6-15-9-10/h2-3,8,10,15-16H,4-7,9H2,1H3. The van der Waals surface area contributed by atoms with E-state index in [1.54, 1.807) is 0 Å². The van der Waals surface area contributed by atoms with Gasteiger partial charge in [-0.2, -0.15) is 0 Å². The number of hydrogen-bond donors (Lipinski definition) is 2. The van der Waals surface area contributed by atoms with E-state index in [0.717, 1.165) is 38.3 Å². The van der Waals surface area contributed by atoms with Crippen LogP contribution in [0.4, 0.5) is 10.1 Å². The van der Waals surface area contributed by atoms with E-state index in [0.29, 0.717) is 18.2 Å². The Hall–Kier alpha value is -1.14. The summed E-state index contributed by atoms with van der Waals surface area (Å²) in [6.07, 6.45) is 3.22. The van der Waals surface area contributed by atoms with Gasteiger partial charge in [0.05, 0.1) is 10.6 Å². The average Bonchev–Trinajstić information content (AvgIpc) is 2.83. The summed E-state index contributed by atoms with van der Waals surface area (Å²) in [5, 5.41) is 6.31. The Labute approximate surface area is 113 Å². The first-order valence-corrected chi connectivity index (χ1v) is 8.30. The monoisotopic (exact) mass is 286 g/mol. The summed E-state index contributed by atoms with van der Waals surface area (Å²) in [7, 11) is -3.35. The Morgan fingerprint density at radius 1 is 1.47 bits per heavy atom. The fraction of sp³-hybridized carbons (Fsp3) is 0.538. The highest BCUT2D eigenvalue weighted by atomic mass is 32.2. The third-order valence-corrected chi connectivity index (χ3v) is 4.51. The zero-order valence-electron chi connectivity index (χ0n) is 10.9. The summed E-state index contributed by atoms with van der Waals surface area (Å²) in [4.78, 5) is 0.00976. The molecule has 106 valence electrons. The number of benzene rings is 1. The van der Waals surface area contributed by atoms with Crippen LogP contribution in [0.3, 0.4) is 0 Å². The zero-order chi connectivity index (χ0) is 13.9. The van der Waals surface area contributed by atoms with E-state index in [4.69, 9.17) is 0 Å². The third-order valence-electron chi connectivity index (χ3n) is 3.40. The molecule has 1 saturated heterocycles. The lowest BCUT2D eigenvalue weighted by Gasteiger charge is -2.11. The van der Waals surface area contributed by atoms with Gasteiger partial charge in [-0.25, -0.2) is 12.8 Å². The molecule has 0 spiro atoms. The molecule has 1 aromatic rings. The Kier molecular flexibility index (Phi) is 4.42. The average molecular weight is 286 g/mol. The van der Waals surface area contributed by atoms with Gasteiger partial charge in [0.1, 0.15) is 5.82 Å². The molecule has 2 N–H and O–H groups in total. The van der Waals surface area contributed by atoms with Crippen LogP contribution < -0.4 is 10.6 Å². The third kappa shape index (κ3) is 3.91. The van der Waals surface area contributed by atoms with E-state index in [1.807, 2.05) is 0 Å². The Morgan fingerprint density at radius 2 is 2.26 bits per heavy atom. The highest BCUT2D eigenvalue weighted by Gasteiger charge is 2.14. The molecule has 2 rings (SSSR count). The number of rotatable bonds is 5. The maximum Gasteiger partial charge on any atom is 0.175 e. The van der Waals surface area contributed by atoms with Crippen LogP contribution in [0.1, 0.15) is 12.8 Å². The van der Waals surface area contributed by atoms with E-state index in [2.05, 4.69) is 10.6 Å². The molecule has 1 aromatic carbocycles. The maximum absolute atomic E-state index is 13.7. The molecule has 0 saturated carbocycles. The number of halogens is 1. The summed E-state index contributed by atoms with van der Waals surface area (Å²) in [5.41, 5.74) is 0.360. The molecule has 4 nitrogen and oxygen atoms in total. The lowest BCUT2D eigenvalue weighted by molar-refractivity contribution is 0.547. The van der Waals surface area contributed by atoms with Crippen molar-refractivity contribution in [1.29, 1.82) is 0 Å². The molecular formula is C13H19FN2O2S. The molecule has 1 fully saturated rings. The van der Waals surface area contributed by atoms with E-state index >= 15 is 0 Å². The zero-order valence-corrected chi connectivity index (χ0v) is 11.8. The molecule has 0 radical (unpaired) electrons. The minimum Gasteiger partial charge on any atom is -0.383 e. The first-order chi connectivity index (χ1) is 8.97. The van der Waals surface area contributed by atoms with Gasteiger partial charge in [0.2, 0.25) is 0 Å². The molecule has 1 aliphatic heterocycles. The van der Waals surface area contributed by atoms with E-state index in [-0.39, 0.29) is 4.90 Å². The van der Waals surface area contributed by atoms with Crippen molar-refractivity contribution in [2.45, 2.75) is 17.7 Å². The van der Waals surface area contributed by atoms with Crippen molar-refractivity contribution < 1.29 is 12.8 Å². The smallest absolute Gasteiger partial charge is 0.175 e. The highest BCUT2D eigenvalue weighted by molar-refractivity contribution is 7.90. The lowest BCUT2D eigenvalue weighted by Crippen LogP contribution is -2.13. The van der Waals surface area contributed by atoms with Crippen molar-refractivity contribution in [2.24, 2.45) is 5.92 Å². The summed E-state index contributed by atoms with van der Waals surface area (Å²) < 4.78 is 36.3. The van der Waals surface area contributed by atoms with Gasteiger partial charge in [0, 0.05) is 12.8 Å². The summed E-state index contributed by atoms with van der Waals surface area (Å²) in [6, 6.07) is 3.98. The molecule has 0 amide bonds. The quantitative estimate of drug-likeness (QED) is 0.864. The number of hydrogen-bond acceptors (Lipinski definition) is 4. The minimum absolute atomic E-state index is 0.00976. The van der Waals surface area contributed by atoms with Gasteiger partial charge in [-0.1, -0.05) is 0 Å². The summed E-state index contributed by atoms with van der Waals surface area (Å²) >= 11 is 0. The molecule has 1 unspecified atom stereocenters. The van der Waals surface area contributed by atoms with Crippen molar-refractivity contribution >= 4 is 15.5 Å². The van der Waals surface area contributed by atoms with Crippen molar-refractivity contribution in [1.82, 2.24) is 5.32 Å². The minimum atomic E-state index is -3.35. The Balaban J connectivity index is 1.93. The van der Waals surface area contributed by atoms with Gasteiger partial charge in [-0.3, -0.25) is 0 Å². The predicted molar refractivity (Wildman–Crippen MR) is 73.6 cm³/mol. The van der Waals surface area contributed by atoms with Gasteiger partial charge in [-0.05, 0) is 50.0 Å². The van der Waals surface area contributed by atoms with Gasteiger partial charge in [-0.15, -0.1) is 0 Å². The van der Waals surface area contributed by atoms with Crippen LogP contribution >= 0.6 is 0 Å². The van der Waals surface area contributed by atoms with Crippen molar-refractivity contribution in [2.75, 3.05) is 31.2 Å². The summed E-state index contributed by atoms with van der Waals surface area (Å²) in [6.45, 7) is 2.78. The number of anilines is 1. The summed E-state index contributed by atoms with van der Waals surface area (Å²) in [5.74, 6) is 0.123. The lowest BCUT2D eigenvalue weighted by atomic mass is 10.1. The van der Waals surface area contributed by atoms with Gasteiger partial charge >= 0.3 is 0 Å². The molecule has 0 aromatic heterocycles. The molecule has 6 heteroatoms. The molecule has 1 atom stereocenters. The van der Waals surface area contributed by atoms with Gasteiger partial charge in [0.25, 0.3) is 0 Å². The van der Waals surface area contributed by atoms with Crippen molar-refractivity contribution in [3.8, 4) is 0 Å². The number of nitrogens with one attached hydrogen (secondary N) is 2. The second-order valence-electron chi connectivity index (χ2n) is 4.99. The second kappa shape index (κ2) is 5.88. The van der Waals surface area contributed by atoms with E-state index in [9.17, 15) is 12.8 Å².